The molecule has 0 radical (unpaired) electrons. The summed E-state index contributed by atoms with van der Waals surface area (Å²) in [4.78, 5) is 46.5. The van der Waals surface area contributed by atoms with E-state index in [1.54, 1.807) is 16.8 Å². The fourth-order valence-corrected chi connectivity index (χ4v) is 3.92. The van der Waals surface area contributed by atoms with Crippen molar-refractivity contribution < 1.29 is 14.0 Å². The van der Waals surface area contributed by atoms with Crippen LogP contribution in [0.1, 0.15) is 16.1 Å². The Balaban J connectivity index is 1.48. The van der Waals surface area contributed by atoms with Crippen LogP contribution in [0.3, 0.4) is 0 Å². The highest BCUT2D eigenvalue weighted by atomic mass is 32.1. The average Bonchev–Trinajstić information content (AvgIpc) is 2.78. The summed E-state index contributed by atoms with van der Waals surface area (Å²) in [5, 5.41) is 3.10. The van der Waals surface area contributed by atoms with Gasteiger partial charge >= 0.3 is 5.69 Å². The van der Waals surface area contributed by atoms with E-state index < -0.39 is 11.7 Å². The Bertz CT molecular complexity index is 1350. The number of hydrogen-bond acceptors (Lipinski definition) is 6. The van der Waals surface area contributed by atoms with Gasteiger partial charge in [-0.05, 0) is 17.7 Å². The number of carbonyl (C=O) groups is 2. The molecule has 1 aliphatic rings. The number of rotatable bonds is 4. The topological polar surface area (TPSA) is 103 Å². The van der Waals surface area contributed by atoms with Crippen LogP contribution in [0.15, 0.2) is 35.3 Å². The van der Waals surface area contributed by atoms with Crippen molar-refractivity contribution in [2.24, 2.45) is 7.05 Å². The maximum atomic E-state index is 14.2. The maximum absolute atomic E-state index is 14.2. The molecule has 1 fully saturated rings. The predicted octanol–water partition coefficient (Wildman–Crippen LogP) is 1.34. The van der Waals surface area contributed by atoms with Gasteiger partial charge < -0.3 is 20.1 Å². The summed E-state index contributed by atoms with van der Waals surface area (Å²) >= 11 is 5.32. The summed E-state index contributed by atoms with van der Waals surface area (Å²) in [7, 11) is 3.01. The van der Waals surface area contributed by atoms with Crippen LogP contribution in [-0.2, 0) is 18.4 Å². The molecule has 9 nitrogen and oxygen atoms in total. The molecule has 0 bridgehead atoms. The molecular formula is C21H21FN6O3S. The molecule has 0 saturated carbocycles. The van der Waals surface area contributed by atoms with Crippen molar-refractivity contribution in [3.63, 3.8) is 0 Å². The van der Waals surface area contributed by atoms with Gasteiger partial charge in [-0.1, -0.05) is 18.3 Å². The number of aromatic amines is 1. The summed E-state index contributed by atoms with van der Waals surface area (Å²) in [6, 6.07) is 6.76. The Morgan fingerprint density at radius 2 is 2.06 bits per heavy atom. The number of nitrogens with zero attached hydrogens (tertiary/aromatic N) is 4. The zero-order chi connectivity index (χ0) is 23.0. The number of aromatic nitrogens is 3. The number of amides is 2. The molecule has 0 atom stereocenters. The SMILES string of the molecule is CNC(=O)c1ncc(N2CCN(Cc3ccc4c(=S)n(C)c(=O)[nH]c4c3)C(=O)C2)cc1F. The largest absolute Gasteiger partial charge is 0.359 e. The second kappa shape index (κ2) is 8.50. The summed E-state index contributed by atoms with van der Waals surface area (Å²) in [5.41, 5.74) is 1.34. The van der Waals surface area contributed by atoms with Crippen LogP contribution in [0, 0.1) is 10.5 Å². The van der Waals surface area contributed by atoms with E-state index in [0.29, 0.717) is 35.5 Å². The molecule has 1 aromatic carbocycles. The van der Waals surface area contributed by atoms with Crippen molar-refractivity contribution in [3.8, 4) is 0 Å². The molecule has 2 amide bonds. The number of anilines is 1. The van der Waals surface area contributed by atoms with Crippen molar-refractivity contribution in [2.45, 2.75) is 6.54 Å². The van der Waals surface area contributed by atoms with E-state index >= 15 is 0 Å². The monoisotopic (exact) mass is 456 g/mol. The fraction of sp³-hybridized carbons (Fsp3) is 0.286. The minimum Gasteiger partial charge on any atom is -0.359 e. The zero-order valence-corrected chi connectivity index (χ0v) is 18.3. The number of benzene rings is 1. The number of H-pyrrole nitrogens is 1. The van der Waals surface area contributed by atoms with Gasteiger partial charge in [-0.2, -0.15) is 0 Å². The van der Waals surface area contributed by atoms with Gasteiger partial charge in [0.05, 0.1) is 23.9 Å². The third kappa shape index (κ3) is 3.98. The summed E-state index contributed by atoms with van der Waals surface area (Å²) < 4.78 is 16.1. The van der Waals surface area contributed by atoms with E-state index in [1.807, 2.05) is 18.2 Å². The van der Waals surface area contributed by atoms with Crippen LogP contribution >= 0.6 is 12.2 Å². The molecule has 2 aromatic heterocycles. The summed E-state index contributed by atoms with van der Waals surface area (Å²) in [6.45, 7) is 1.36. The molecule has 32 heavy (non-hydrogen) atoms. The first kappa shape index (κ1) is 21.6. The van der Waals surface area contributed by atoms with Crippen molar-refractivity contribution >= 4 is 40.6 Å². The number of nitrogens with one attached hydrogen (secondary N) is 2. The van der Waals surface area contributed by atoms with Crippen molar-refractivity contribution in [3.05, 3.63) is 62.7 Å². The molecule has 1 saturated heterocycles. The highest BCUT2D eigenvalue weighted by molar-refractivity contribution is 7.71. The van der Waals surface area contributed by atoms with Gasteiger partial charge in [0.1, 0.15) is 4.64 Å². The first-order valence-corrected chi connectivity index (χ1v) is 10.3. The summed E-state index contributed by atoms with van der Waals surface area (Å²) in [6.07, 6.45) is 1.39. The van der Waals surface area contributed by atoms with Crippen LogP contribution in [0.2, 0.25) is 0 Å². The Labute approximate surface area is 187 Å². The van der Waals surface area contributed by atoms with Gasteiger partial charge in [-0.25, -0.2) is 14.2 Å². The Kier molecular flexibility index (Phi) is 5.74. The van der Waals surface area contributed by atoms with Crippen LogP contribution < -0.4 is 15.9 Å². The molecule has 3 aromatic rings. The molecule has 0 unspecified atom stereocenters. The predicted molar refractivity (Wildman–Crippen MR) is 120 cm³/mol. The Morgan fingerprint density at radius 3 is 2.75 bits per heavy atom. The molecule has 4 rings (SSSR count). The minimum absolute atomic E-state index is 0.0665. The number of carbonyl (C=O) groups excluding carboxylic acids is 2. The van der Waals surface area contributed by atoms with Crippen molar-refractivity contribution in [1.29, 1.82) is 0 Å². The molecule has 3 heterocycles. The minimum atomic E-state index is -0.739. The second-order valence-electron chi connectivity index (χ2n) is 7.51. The van der Waals surface area contributed by atoms with Crippen molar-refractivity contribution in [2.75, 3.05) is 31.6 Å². The Hall–Kier alpha value is -3.60. The van der Waals surface area contributed by atoms with E-state index in [1.165, 1.54) is 23.9 Å². The first-order chi connectivity index (χ1) is 15.3. The lowest BCUT2D eigenvalue weighted by Gasteiger charge is -2.35. The lowest BCUT2D eigenvalue weighted by Crippen LogP contribution is -2.50. The van der Waals surface area contributed by atoms with E-state index in [2.05, 4.69) is 15.3 Å². The summed E-state index contributed by atoms with van der Waals surface area (Å²) in [5.74, 6) is -1.47. The smallest absolute Gasteiger partial charge is 0.326 e. The number of piperazine rings is 1. The van der Waals surface area contributed by atoms with Gasteiger partial charge in [0, 0.05) is 45.2 Å². The van der Waals surface area contributed by atoms with E-state index in [4.69, 9.17) is 12.2 Å². The van der Waals surface area contributed by atoms with Gasteiger partial charge in [0.15, 0.2) is 11.5 Å². The van der Waals surface area contributed by atoms with Crippen LogP contribution in [0.5, 0.6) is 0 Å². The molecule has 1 aliphatic heterocycles. The third-order valence-corrected chi connectivity index (χ3v) is 5.99. The highest BCUT2D eigenvalue weighted by Gasteiger charge is 2.25. The van der Waals surface area contributed by atoms with Crippen LogP contribution in [-0.4, -0.2) is 57.9 Å². The van der Waals surface area contributed by atoms with Gasteiger partial charge in [-0.15, -0.1) is 0 Å². The van der Waals surface area contributed by atoms with E-state index in [9.17, 15) is 18.8 Å². The molecule has 0 spiro atoms. The van der Waals surface area contributed by atoms with Gasteiger partial charge in [0.2, 0.25) is 5.91 Å². The van der Waals surface area contributed by atoms with E-state index in [0.717, 1.165) is 10.9 Å². The number of halogens is 1. The standard InChI is InChI=1S/C21H21FN6O3S/c1-23-19(30)18-15(22)8-13(9-24-18)27-5-6-28(17(29)11-27)10-12-3-4-14-16(7-12)25-21(31)26(2)20(14)32/h3-4,7-9H,5-6,10-11H2,1-2H3,(H,23,30)(H,25,31). The third-order valence-electron chi connectivity index (χ3n) is 5.49. The zero-order valence-electron chi connectivity index (χ0n) is 17.5. The quantitative estimate of drug-likeness (QED) is 0.575. The Morgan fingerprint density at radius 1 is 1.28 bits per heavy atom. The molecular weight excluding hydrogens is 435 g/mol. The number of pyridine rings is 1. The molecule has 166 valence electrons. The lowest BCUT2D eigenvalue weighted by atomic mass is 10.1. The van der Waals surface area contributed by atoms with E-state index in [-0.39, 0.29) is 23.8 Å². The fourth-order valence-electron chi connectivity index (χ4n) is 3.65. The van der Waals surface area contributed by atoms with Gasteiger partial charge in [-0.3, -0.25) is 14.2 Å². The second-order valence-corrected chi connectivity index (χ2v) is 7.90. The molecule has 11 heteroatoms. The maximum Gasteiger partial charge on any atom is 0.326 e. The molecule has 0 aliphatic carbocycles. The first-order valence-electron chi connectivity index (χ1n) is 9.91. The number of hydrogen-bond donors (Lipinski definition) is 2. The van der Waals surface area contributed by atoms with Crippen LogP contribution in [0.25, 0.3) is 10.9 Å². The molecule has 2 N–H and O–H groups in total. The normalized spacial score (nSPS) is 14.2. The van der Waals surface area contributed by atoms with Gasteiger partial charge in [0.25, 0.3) is 5.91 Å². The number of fused-ring (bicyclic) bond motifs is 1. The average molecular weight is 457 g/mol. The van der Waals surface area contributed by atoms with Crippen molar-refractivity contribution in [1.82, 2.24) is 24.8 Å². The highest BCUT2D eigenvalue weighted by Crippen LogP contribution is 2.21. The lowest BCUT2D eigenvalue weighted by molar-refractivity contribution is -0.131. The van der Waals surface area contributed by atoms with Crippen LogP contribution in [0.4, 0.5) is 10.1 Å².